The molecule has 3 aromatic carbocycles. The van der Waals surface area contributed by atoms with Gasteiger partial charge in [-0.05, 0) is 60.5 Å². The molecule has 8 heteroatoms. The molecule has 0 aliphatic carbocycles. The van der Waals surface area contributed by atoms with Crippen molar-refractivity contribution in [2.24, 2.45) is 0 Å². The molecule has 4 aromatic rings. The monoisotopic (exact) mass is 554 g/mol. The number of nitrogens with zero attached hydrogens (tertiary/aromatic N) is 4. The van der Waals surface area contributed by atoms with Gasteiger partial charge < -0.3 is 4.90 Å². The van der Waals surface area contributed by atoms with Gasteiger partial charge in [-0.1, -0.05) is 84.4 Å². The lowest BCUT2D eigenvalue weighted by atomic mass is 10.1. The van der Waals surface area contributed by atoms with E-state index in [-0.39, 0.29) is 18.4 Å². The number of amides is 2. The quantitative estimate of drug-likeness (QED) is 0.178. The molecule has 2 heterocycles. The van der Waals surface area contributed by atoms with Crippen LogP contribution in [0.5, 0.6) is 0 Å². The van der Waals surface area contributed by atoms with Crippen molar-refractivity contribution in [1.82, 2.24) is 19.8 Å². The van der Waals surface area contributed by atoms with E-state index in [0.717, 1.165) is 39.8 Å². The number of imide groups is 1. The average Bonchev–Trinajstić information content (AvgIpc) is 3.14. The van der Waals surface area contributed by atoms with Crippen molar-refractivity contribution in [2.75, 3.05) is 0 Å². The summed E-state index contributed by atoms with van der Waals surface area (Å²) in [7, 11) is 0. The second kappa shape index (κ2) is 11.8. The largest absolute Gasteiger partial charge is 0.357 e. The third-order valence-corrected chi connectivity index (χ3v) is 7.45. The van der Waals surface area contributed by atoms with Gasteiger partial charge in [-0.25, -0.2) is 9.97 Å². The van der Waals surface area contributed by atoms with Crippen LogP contribution in [-0.4, -0.2) is 31.6 Å². The van der Waals surface area contributed by atoms with Gasteiger partial charge in [-0.2, -0.15) is 0 Å². The zero-order chi connectivity index (χ0) is 27.4. The van der Waals surface area contributed by atoms with Crippen molar-refractivity contribution in [3.63, 3.8) is 0 Å². The number of aryl methyl sites for hydroxylation is 2. The predicted octanol–water partition coefficient (Wildman–Crippen LogP) is 6.32. The maximum atomic E-state index is 14.1. The topological polar surface area (TPSA) is 66.4 Å². The molecule has 0 spiro atoms. The van der Waals surface area contributed by atoms with E-state index in [1.54, 1.807) is 12.1 Å². The van der Waals surface area contributed by atoms with Crippen molar-refractivity contribution in [1.29, 1.82) is 0 Å². The van der Waals surface area contributed by atoms with Crippen LogP contribution in [0.15, 0.2) is 107 Å². The van der Waals surface area contributed by atoms with Gasteiger partial charge in [0.1, 0.15) is 10.6 Å². The third-order valence-electron chi connectivity index (χ3n) is 6.26. The number of carbonyl (C=O) groups excluding carboxylic acids is 2. The van der Waals surface area contributed by atoms with E-state index in [0.29, 0.717) is 33.9 Å². The second-order valence-electron chi connectivity index (χ2n) is 9.36. The number of halogens is 1. The van der Waals surface area contributed by atoms with E-state index in [1.165, 1.54) is 4.90 Å². The Morgan fingerprint density at radius 2 is 1.28 bits per heavy atom. The molecule has 0 saturated heterocycles. The van der Waals surface area contributed by atoms with Crippen LogP contribution in [0, 0.1) is 13.8 Å². The van der Waals surface area contributed by atoms with Crippen molar-refractivity contribution < 1.29 is 9.59 Å². The first-order valence-electron chi connectivity index (χ1n) is 12.6. The molecule has 6 nitrogen and oxygen atoms in total. The number of benzene rings is 3. The van der Waals surface area contributed by atoms with Gasteiger partial charge >= 0.3 is 0 Å². The number of aromatic nitrogens is 2. The number of hydrogen-bond acceptors (Lipinski definition) is 6. The van der Waals surface area contributed by atoms with Crippen LogP contribution in [-0.2, 0) is 29.2 Å². The Hall–Kier alpha value is -3.94. The molecule has 0 radical (unpaired) electrons. The third kappa shape index (κ3) is 6.38. The smallest absolute Gasteiger partial charge is 0.278 e. The molecule has 0 atom stereocenters. The fourth-order valence-corrected chi connectivity index (χ4v) is 5.68. The van der Waals surface area contributed by atoms with E-state index in [9.17, 15) is 9.59 Å². The minimum Gasteiger partial charge on any atom is -0.357 e. The summed E-state index contributed by atoms with van der Waals surface area (Å²) in [4.78, 5) is 40.7. The standard InChI is InChI=1S/C31H27ClN4O2S/c1-21-17-22(2)34-31(33-21)39-28-27(29(37)36(30(28)38)20-25-13-15-26(32)16-14-25)35(18-23-9-5-3-6-10-23)19-24-11-7-4-8-12-24/h3-17H,18-20H2,1-2H3. The van der Waals surface area contributed by atoms with Gasteiger partial charge in [-0.3, -0.25) is 14.5 Å². The van der Waals surface area contributed by atoms with Crippen LogP contribution in [0.25, 0.3) is 0 Å². The van der Waals surface area contributed by atoms with E-state index in [4.69, 9.17) is 11.6 Å². The van der Waals surface area contributed by atoms with Crippen LogP contribution in [0.1, 0.15) is 28.1 Å². The summed E-state index contributed by atoms with van der Waals surface area (Å²) in [6.07, 6.45) is 0. The first kappa shape index (κ1) is 26.7. The summed E-state index contributed by atoms with van der Waals surface area (Å²) < 4.78 is 0. The van der Waals surface area contributed by atoms with Crippen LogP contribution in [0.3, 0.4) is 0 Å². The lowest BCUT2D eigenvalue weighted by Crippen LogP contribution is -2.34. The molecule has 0 fully saturated rings. The Labute approximate surface area is 237 Å². The normalized spacial score (nSPS) is 13.4. The van der Waals surface area contributed by atoms with Gasteiger partial charge in [0.25, 0.3) is 11.8 Å². The minimum absolute atomic E-state index is 0.139. The Morgan fingerprint density at radius 3 is 1.82 bits per heavy atom. The van der Waals surface area contributed by atoms with Crippen molar-refractivity contribution >= 4 is 35.2 Å². The Kier molecular flexibility index (Phi) is 8.10. The minimum atomic E-state index is -0.358. The van der Waals surface area contributed by atoms with E-state index in [1.807, 2.05) is 97.6 Å². The van der Waals surface area contributed by atoms with Crippen LogP contribution < -0.4 is 0 Å². The molecular weight excluding hydrogens is 528 g/mol. The lowest BCUT2D eigenvalue weighted by molar-refractivity contribution is -0.138. The summed E-state index contributed by atoms with van der Waals surface area (Å²) in [5, 5.41) is 1.03. The highest BCUT2D eigenvalue weighted by Gasteiger charge is 2.42. The van der Waals surface area contributed by atoms with Crippen LogP contribution in [0.4, 0.5) is 0 Å². The van der Waals surface area contributed by atoms with Gasteiger partial charge in [-0.15, -0.1) is 0 Å². The molecule has 0 bridgehead atoms. The van der Waals surface area contributed by atoms with Crippen LogP contribution >= 0.6 is 23.4 Å². The molecule has 1 aliphatic heterocycles. The molecule has 0 N–H and O–H groups in total. The second-order valence-corrected chi connectivity index (χ2v) is 10.8. The van der Waals surface area contributed by atoms with Gasteiger partial charge in [0, 0.05) is 29.5 Å². The first-order valence-corrected chi connectivity index (χ1v) is 13.7. The molecule has 39 heavy (non-hydrogen) atoms. The summed E-state index contributed by atoms with van der Waals surface area (Å²) in [5.74, 6) is -0.697. The van der Waals surface area contributed by atoms with Crippen molar-refractivity contribution in [3.05, 3.63) is 135 Å². The van der Waals surface area contributed by atoms with E-state index >= 15 is 0 Å². The molecule has 2 amide bonds. The van der Waals surface area contributed by atoms with Crippen molar-refractivity contribution in [2.45, 2.75) is 38.6 Å². The number of rotatable bonds is 9. The average molecular weight is 555 g/mol. The molecule has 0 unspecified atom stereocenters. The molecule has 5 rings (SSSR count). The fourth-order valence-electron chi connectivity index (χ4n) is 4.48. The number of thioether (sulfide) groups is 1. The Bertz CT molecular complexity index is 1460. The highest BCUT2D eigenvalue weighted by Crippen LogP contribution is 2.37. The highest BCUT2D eigenvalue weighted by molar-refractivity contribution is 8.04. The zero-order valence-corrected chi connectivity index (χ0v) is 23.2. The summed E-state index contributed by atoms with van der Waals surface area (Å²) in [6.45, 7) is 4.83. The van der Waals surface area contributed by atoms with Crippen molar-refractivity contribution in [3.8, 4) is 0 Å². The van der Waals surface area contributed by atoms with Gasteiger partial charge in [0.05, 0.1) is 6.54 Å². The van der Waals surface area contributed by atoms with E-state index in [2.05, 4.69) is 9.97 Å². The number of hydrogen-bond donors (Lipinski definition) is 0. The summed E-state index contributed by atoms with van der Waals surface area (Å²) in [6, 6.07) is 28.9. The lowest BCUT2D eigenvalue weighted by Gasteiger charge is -2.26. The molecule has 0 saturated carbocycles. The molecular formula is C31H27ClN4O2S. The zero-order valence-electron chi connectivity index (χ0n) is 21.7. The van der Waals surface area contributed by atoms with Crippen LogP contribution in [0.2, 0.25) is 5.02 Å². The highest BCUT2D eigenvalue weighted by atomic mass is 35.5. The van der Waals surface area contributed by atoms with Gasteiger partial charge in [0.15, 0.2) is 5.16 Å². The number of carbonyl (C=O) groups is 2. The predicted molar refractivity (Wildman–Crippen MR) is 154 cm³/mol. The Balaban J connectivity index is 1.58. The SMILES string of the molecule is Cc1cc(C)nc(SC2=C(N(Cc3ccccc3)Cc3ccccc3)C(=O)N(Cc3ccc(Cl)cc3)C2=O)n1. The van der Waals surface area contributed by atoms with Gasteiger partial charge in [0.2, 0.25) is 0 Å². The summed E-state index contributed by atoms with van der Waals surface area (Å²) >= 11 is 7.21. The maximum Gasteiger partial charge on any atom is 0.278 e. The Morgan fingerprint density at radius 1 is 0.744 bits per heavy atom. The summed E-state index contributed by atoms with van der Waals surface area (Å²) in [5.41, 5.74) is 4.83. The first-order chi connectivity index (χ1) is 18.9. The fraction of sp³-hybridized carbons (Fsp3) is 0.161. The molecule has 1 aromatic heterocycles. The molecule has 196 valence electrons. The van der Waals surface area contributed by atoms with E-state index < -0.39 is 0 Å². The molecule has 1 aliphatic rings. The maximum absolute atomic E-state index is 14.1.